The van der Waals surface area contributed by atoms with Gasteiger partial charge in [0.25, 0.3) is 0 Å². The summed E-state index contributed by atoms with van der Waals surface area (Å²) in [7, 11) is 0. The van der Waals surface area contributed by atoms with Crippen LogP contribution in [0, 0.1) is 5.92 Å². The number of nitrogens with two attached hydrogens (primary N) is 1. The molecular formula is C13H17F3N2O. The first-order valence-electron chi connectivity index (χ1n) is 5.94. The lowest BCUT2D eigenvalue weighted by molar-refractivity contribution is -0.137. The molecule has 0 fully saturated rings. The van der Waals surface area contributed by atoms with Crippen molar-refractivity contribution >= 4 is 11.6 Å². The highest BCUT2D eigenvalue weighted by Crippen LogP contribution is 2.30. The Morgan fingerprint density at radius 1 is 1.37 bits per heavy atom. The maximum absolute atomic E-state index is 12.5. The molecule has 3 nitrogen and oxygen atoms in total. The molecule has 0 radical (unpaired) electrons. The van der Waals surface area contributed by atoms with Crippen LogP contribution in [-0.2, 0) is 11.0 Å². The van der Waals surface area contributed by atoms with Crippen molar-refractivity contribution in [2.45, 2.75) is 32.5 Å². The number of rotatable bonds is 4. The van der Waals surface area contributed by atoms with Gasteiger partial charge in [0.2, 0.25) is 5.91 Å². The van der Waals surface area contributed by atoms with Crippen molar-refractivity contribution in [2.24, 2.45) is 11.7 Å². The van der Waals surface area contributed by atoms with Gasteiger partial charge < -0.3 is 11.1 Å². The number of amides is 1. The second-order valence-electron chi connectivity index (χ2n) is 4.80. The van der Waals surface area contributed by atoms with E-state index < -0.39 is 23.7 Å². The van der Waals surface area contributed by atoms with Crippen LogP contribution >= 0.6 is 0 Å². The second kappa shape index (κ2) is 6.06. The molecule has 106 valence electrons. The van der Waals surface area contributed by atoms with Crippen molar-refractivity contribution in [3.05, 3.63) is 29.8 Å². The van der Waals surface area contributed by atoms with E-state index in [0.29, 0.717) is 6.42 Å². The summed E-state index contributed by atoms with van der Waals surface area (Å²) in [6.45, 7) is 3.83. The molecule has 3 N–H and O–H groups in total. The van der Waals surface area contributed by atoms with E-state index in [1.54, 1.807) is 0 Å². The minimum atomic E-state index is -4.43. The third-order valence-corrected chi connectivity index (χ3v) is 2.52. The second-order valence-corrected chi connectivity index (χ2v) is 4.80. The van der Waals surface area contributed by atoms with Gasteiger partial charge in [0, 0.05) is 5.69 Å². The summed E-state index contributed by atoms with van der Waals surface area (Å²) >= 11 is 0. The molecule has 0 aliphatic carbocycles. The van der Waals surface area contributed by atoms with Gasteiger partial charge in [0.15, 0.2) is 0 Å². The zero-order chi connectivity index (χ0) is 14.6. The first-order valence-corrected chi connectivity index (χ1v) is 5.94. The molecule has 0 aliphatic heterocycles. The zero-order valence-corrected chi connectivity index (χ0v) is 10.8. The highest BCUT2D eigenvalue weighted by atomic mass is 19.4. The lowest BCUT2D eigenvalue weighted by Crippen LogP contribution is -2.36. The molecule has 0 unspecified atom stereocenters. The normalized spacial score (nSPS) is 13.4. The number of hydrogen-bond acceptors (Lipinski definition) is 2. The van der Waals surface area contributed by atoms with Crippen molar-refractivity contribution in [3.63, 3.8) is 0 Å². The van der Waals surface area contributed by atoms with Crippen molar-refractivity contribution in [3.8, 4) is 0 Å². The minimum absolute atomic E-state index is 0.0963. The van der Waals surface area contributed by atoms with Crippen molar-refractivity contribution < 1.29 is 18.0 Å². The third kappa shape index (κ3) is 4.90. The van der Waals surface area contributed by atoms with Gasteiger partial charge in [0.05, 0.1) is 11.6 Å². The van der Waals surface area contributed by atoms with Crippen molar-refractivity contribution in [1.29, 1.82) is 0 Å². The standard InChI is InChI=1S/C13H17F3N2O/c1-8(2)6-11(17)12(19)18-10-5-3-4-9(7-10)13(14,15)16/h3-5,7-8,11H,6,17H2,1-2H3,(H,18,19)/t11-/m0/s1. The Bertz CT molecular complexity index is 444. The van der Waals surface area contributed by atoms with Crippen LogP contribution in [0.1, 0.15) is 25.8 Å². The summed E-state index contributed by atoms with van der Waals surface area (Å²) in [5.41, 5.74) is 4.95. The average Bonchev–Trinajstić information content (AvgIpc) is 2.27. The monoisotopic (exact) mass is 274 g/mol. The van der Waals surface area contributed by atoms with Crippen molar-refractivity contribution in [2.75, 3.05) is 5.32 Å². The topological polar surface area (TPSA) is 55.1 Å². The average molecular weight is 274 g/mol. The van der Waals surface area contributed by atoms with E-state index >= 15 is 0 Å². The summed E-state index contributed by atoms with van der Waals surface area (Å²) in [6, 6.07) is 3.75. The highest BCUT2D eigenvalue weighted by Gasteiger charge is 2.30. The number of carbonyl (C=O) groups excluding carboxylic acids is 1. The largest absolute Gasteiger partial charge is 0.416 e. The van der Waals surface area contributed by atoms with Gasteiger partial charge in [-0.1, -0.05) is 19.9 Å². The van der Waals surface area contributed by atoms with Crippen LogP contribution in [0.4, 0.5) is 18.9 Å². The van der Waals surface area contributed by atoms with Gasteiger partial charge in [-0.3, -0.25) is 4.79 Å². The van der Waals surface area contributed by atoms with E-state index in [2.05, 4.69) is 5.32 Å². The zero-order valence-electron chi connectivity index (χ0n) is 10.8. The third-order valence-electron chi connectivity index (χ3n) is 2.52. The fourth-order valence-electron chi connectivity index (χ4n) is 1.62. The number of alkyl halides is 3. The summed E-state index contributed by atoms with van der Waals surface area (Å²) in [5.74, 6) is -0.240. The molecule has 0 aliphatic rings. The lowest BCUT2D eigenvalue weighted by Gasteiger charge is -2.15. The molecule has 0 heterocycles. The predicted octanol–water partition coefficient (Wildman–Crippen LogP) is 3.02. The SMILES string of the molecule is CC(C)C[C@H](N)C(=O)Nc1cccc(C(F)(F)F)c1. The summed E-state index contributed by atoms with van der Waals surface area (Å²) in [5, 5.41) is 2.40. The Morgan fingerprint density at radius 2 is 2.00 bits per heavy atom. The Kier molecular flexibility index (Phi) is 4.94. The Hall–Kier alpha value is -1.56. The van der Waals surface area contributed by atoms with Gasteiger partial charge in [-0.2, -0.15) is 13.2 Å². The van der Waals surface area contributed by atoms with Gasteiger partial charge in [-0.25, -0.2) is 0 Å². The van der Waals surface area contributed by atoms with Gasteiger partial charge in [-0.15, -0.1) is 0 Å². The van der Waals surface area contributed by atoms with Gasteiger partial charge in [0.1, 0.15) is 0 Å². The number of anilines is 1. The van der Waals surface area contributed by atoms with E-state index in [1.165, 1.54) is 12.1 Å². The molecule has 0 spiro atoms. The van der Waals surface area contributed by atoms with Crippen LogP contribution in [-0.4, -0.2) is 11.9 Å². The van der Waals surface area contributed by atoms with Crippen LogP contribution in [0.3, 0.4) is 0 Å². The van der Waals surface area contributed by atoms with Crippen LogP contribution < -0.4 is 11.1 Å². The van der Waals surface area contributed by atoms with Gasteiger partial charge in [-0.05, 0) is 30.5 Å². The van der Waals surface area contributed by atoms with Crippen LogP contribution in [0.2, 0.25) is 0 Å². The molecule has 0 bridgehead atoms. The first kappa shape index (κ1) is 15.5. The fraction of sp³-hybridized carbons (Fsp3) is 0.462. The molecule has 1 amide bonds. The van der Waals surface area contributed by atoms with Crippen LogP contribution in [0.15, 0.2) is 24.3 Å². The predicted molar refractivity (Wildman–Crippen MR) is 67.5 cm³/mol. The number of halogens is 3. The maximum Gasteiger partial charge on any atom is 0.416 e. The van der Waals surface area contributed by atoms with Crippen LogP contribution in [0.25, 0.3) is 0 Å². The van der Waals surface area contributed by atoms with Gasteiger partial charge >= 0.3 is 6.18 Å². The Balaban J connectivity index is 2.75. The molecule has 19 heavy (non-hydrogen) atoms. The van der Waals surface area contributed by atoms with E-state index in [0.717, 1.165) is 12.1 Å². The quantitative estimate of drug-likeness (QED) is 0.886. The molecule has 0 saturated carbocycles. The number of carbonyl (C=O) groups is 1. The summed E-state index contributed by atoms with van der Waals surface area (Å²) in [4.78, 5) is 11.7. The number of nitrogens with one attached hydrogen (secondary N) is 1. The summed E-state index contributed by atoms with van der Waals surface area (Å²) in [6.07, 6.45) is -3.95. The molecular weight excluding hydrogens is 257 g/mol. The lowest BCUT2D eigenvalue weighted by atomic mass is 10.0. The number of benzene rings is 1. The summed E-state index contributed by atoms with van der Waals surface area (Å²) < 4.78 is 37.5. The van der Waals surface area contributed by atoms with Crippen molar-refractivity contribution in [1.82, 2.24) is 0 Å². The number of hydrogen-bond donors (Lipinski definition) is 2. The highest BCUT2D eigenvalue weighted by molar-refractivity contribution is 5.94. The Morgan fingerprint density at radius 3 is 2.53 bits per heavy atom. The fourth-order valence-corrected chi connectivity index (χ4v) is 1.62. The molecule has 1 aromatic rings. The van der Waals surface area contributed by atoms with E-state index in [9.17, 15) is 18.0 Å². The van der Waals surface area contributed by atoms with Crippen LogP contribution in [0.5, 0.6) is 0 Å². The molecule has 0 saturated heterocycles. The van der Waals surface area contributed by atoms with E-state index in [-0.39, 0.29) is 11.6 Å². The van der Waals surface area contributed by atoms with E-state index in [4.69, 9.17) is 5.73 Å². The molecule has 1 rings (SSSR count). The molecule has 0 aromatic heterocycles. The Labute approximate surface area is 110 Å². The van der Waals surface area contributed by atoms with E-state index in [1.807, 2.05) is 13.8 Å². The maximum atomic E-state index is 12.5. The molecule has 1 atom stereocenters. The first-order chi connectivity index (χ1) is 8.70. The minimum Gasteiger partial charge on any atom is -0.325 e. The smallest absolute Gasteiger partial charge is 0.325 e. The molecule has 1 aromatic carbocycles. The molecule has 6 heteroatoms.